The number of aliphatic hydroxyl groups is 1. The normalized spacial score (nSPS) is 13.0. The van der Waals surface area contributed by atoms with Crippen LogP contribution in [0.5, 0.6) is 0 Å². The van der Waals surface area contributed by atoms with Crippen molar-refractivity contribution in [1.82, 2.24) is 4.98 Å². The van der Waals surface area contributed by atoms with Crippen molar-refractivity contribution in [1.29, 1.82) is 0 Å². The Balaban J connectivity index is 3.01. The topological polar surface area (TPSA) is 59.1 Å². The van der Waals surface area contributed by atoms with Gasteiger partial charge in [-0.2, -0.15) is 13.8 Å². The van der Waals surface area contributed by atoms with Gasteiger partial charge in [0.25, 0.3) is 0 Å². The third-order valence-electron chi connectivity index (χ3n) is 1.44. The van der Waals surface area contributed by atoms with E-state index in [2.05, 4.69) is 4.98 Å². The minimum atomic E-state index is -0.975. The highest BCUT2D eigenvalue weighted by molar-refractivity contribution is 5.15. The van der Waals surface area contributed by atoms with Crippen LogP contribution in [-0.4, -0.2) is 16.7 Å². The van der Waals surface area contributed by atoms with Crippen LogP contribution in [0, 0.1) is 11.9 Å². The van der Waals surface area contributed by atoms with Gasteiger partial charge in [-0.3, -0.25) is 0 Å². The van der Waals surface area contributed by atoms with Crippen molar-refractivity contribution in [2.75, 3.05) is 6.61 Å². The summed E-state index contributed by atoms with van der Waals surface area (Å²) in [6.45, 7) is -0.399. The Morgan fingerprint density at radius 2 is 2.17 bits per heavy atom. The largest absolute Gasteiger partial charge is 0.394 e. The van der Waals surface area contributed by atoms with E-state index in [0.717, 1.165) is 6.07 Å². The van der Waals surface area contributed by atoms with Crippen LogP contribution in [0.2, 0.25) is 0 Å². The van der Waals surface area contributed by atoms with E-state index < -0.39 is 24.5 Å². The third kappa shape index (κ3) is 1.75. The molecule has 0 aromatic carbocycles. The Morgan fingerprint density at radius 1 is 1.50 bits per heavy atom. The number of hydrogen-bond acceptors (Lipinski definition) is 3. The number of aromatic nitrogens is 1. The van der Waals surface area contributed by atoms with Gasteiger partial charge < -0.3 is 10.8 Å². The summed E-state index contributed by atoms with van der Waals surface area (Å²) in [6, 6.07) is 1.31. The summed E-state index contributed by atoms with van der Waals surface area (Å²) in [7, 11) is 0. The number of rotatable bonds is 2. The second kappa shape index (κ2) is 3.55. The van der Waals surface area contributed by atoms with Gasteiger partial charge >= 0.3 is 0 Å². The Bertz CT molecular complexity index is 280. The van der Waals surface area contributed by atoms with Gasteiger partial charge in [-0.1, -0.05) is 0 Å². The van der Waals surface area contributed by atoms with E-state index >= 15 is 0 Å². The number of aliphatic hydroxyl groups excluding tert-OH is 1. The van der Waals surface area contributed by atoms with Gasteiger partial charge in [0.2, 0.25) is 11.9 Å². The third-order valence-corrected chi connectivity index (χ3v) is 1.44. The molecule has 0 saturated carbocycles. The standard InChI is InChI=1S/C7H8F2N2O/c8-6-2-1-4(5(10)3-12)7(9)11-6/h1-2,5,12H,3,10H2. The number of nitrogens with zero attached hydrogens (tertiary/aromatic N) is 1. The smallest absolute Gasteiger partial charge is 0.220 e. The summed E-state index contributed by atoms with van der Waals surface area (Å²) in [5.41, 5.74) is 5.31. The van der Waals surface area contributed by atoms with E-state index in [0.29, 0.717) is 0 Å². The van der Waals surface area contributed by atoms with E-state index in [4.69, 9.17) is 10.8 Å². The molecule has 0 radical (unpaired) electrons. The highest BCUT2D eigenvalue weighted by Gasteiger charge is 2.11. The van der Waals surface area contributed by atoms with Crippen molar-refractivity contribution in [2.45, 2.75) is 6.04 Å². The van der Waals surface area contributed by atoms with E-state index in [1.54, 1.807) is 0 Å². The number of nitrogens with two attached hydrogens (primary N) is 1. The van der Waals surface area contributed by atoms with E-state index in [1.807, 2.05) is 0 Å². The zero-order valence-corrected chi connectivity index (χ0v) is 6.17. The highest BCUT2D eigenvalue weighted by Crippen LogP contribution is 2.12. The molecule has 0 bridgehead atoms. The second-order valence-electron chi connectivity index (χ2n) is 2.30. The zero-order chi connectivity index (χ0) is 9.14. The SMILES string of the molecule is NC(CO)c1ccc(F)nc1F. The average Bonchev–Trinajstić information content (AvgIpc) is 2.03. The molecular weight excluding hydrogens is 166 g/mol. The molecule has 1 heterocycles. The fourth-order valence-corrected chi connectivity index (χ4v) is 0.798. The molecule has 3 nitrogen and oxygen atoms in total. The van der Waals surface area contributed by atoms with Crippen LogP contribution in [0.15, 0.2) is 12.1 Å². The minimum absolute atomic E-state index is 0.0129. The Morgan fingerprint density at radius 3 is 2.67 bits per heavy atom. The molecule has 0 fully saturated rings. The quantitative estimate of drug-likeness (QED) is 0.636. The van der Waals surface area contributed by atoms with Gasteiger partial charge in [0, 0.05) is 5.56 Å². The molecule has 5 heteroatoms. The van der Waals surface area contributed by atoms with E-state index in [-0.39, 0.29) is 5.56 Å². The predicted octanol–water partition coefficient (Wildman–Crippen LogP) is 0.352. The first-order valence-corrected chi connectivity index (χ1v) is 3.33. The van der Waals surface area contributed by atoms with Gasteiger partial charge in [-0.25, -0.2) is 0 Å². The molecule has 1 unspecified atom stereocenters. The molecule has 0 spiro atoms. The summed E-state index contributed by atoms with van der Waals surface area (Å²) < 4.78 is 25.0. The monoisotopic (exact) mass is 174 g/mol. The molecular formula is C7H8F2N2O. The van der Waals surface area contributed by atoms with Gasteiger partial charge in [0.1, 0.15) is 0 Å². The van der Waals surface area contributed by atoms with Crippen LogP contribution in [-0.2, 0) is 0 Å². The van der Waals surface area contributed by atoms with Crippen molar-refractivity contribution in [3.63, 3.8) is 0 Å². The number of halogens is 2. The van der Waals surface area contributed by atoms with Crippen LogP contribution in [0.1, 0.15) is 11.6 Å². The Hall–Kier alpha value is -1.07. The van der Waals surface area contributed by atoms with Gasteiger partial charge in [-0.05, 0) is 12.1 Å². The summed E-state index contributed by atoms with van der Waals surface area (Å²) >= 11 is 0. The zero-order valence-electron chi connectivity index (χ0n) is 6.17. The first kappa shape index (κ1) is 9.02. The van der Waals surface area contributed by atoms with Gasteiger partial charge in [-0.15, -0.1) is 0 Å². The van der Waals surface area contributed by atoms with Crippen molar-refractivity contribution in [2.24, 2.45) is 5.73 Å². The minimum Gasteiger partial charge on any atom is -0.394 e. The molecule has 1 aromatic rings. The highest BCUT2D eigenvalue weighted by atomic mass is 19.1. The van der Waals surface area contributed by atoms with Gasteiger partial charge in [0.05, 0.1) is 12.6 Å². The average molecular weight is 174 g/mol. The first-order valence-electron chi connectivity index (χ1n) is 3.33. The van der Waals surface area contributed by atoms with E-state index in [9.17, 15) is 8.78 Å². The van der Waals surface area contributed by atoms with Crippen molar-refractivity contribution < 1.29 is 13.9 Å². The fourth-order valence-electron chi connectivity index (χ4n) is 0.798. The Labute approximate surface area is 67.8 Å². The van der Waals surface area contributed by atoms with Crippen LogP contribution < -0.4 is 5.73 Å². The molecule has 0 saturated heterocycles. The lowest BCUT2D eigenvalue weighted by atomic mass is 10.1. The lowest BCUT2D eigenvalue weighted by molar-refractivity contribution is 0.264. The molecule has 3 N–H and O–H groups in total. The van der Waals surface area contributed by atoms with Crippen LogP contribution in [0.25, 0.3) is 0 Å². The molecule has 1 aromatic heterocycles. The first-order chi connectivity index (χ1) is 5.65. The lowest BCUT2D eigenvalue weighted by Crippen LogP contribution is -2.16. The summed E-state index contributed by atoms with van der Waals surface area (Å²) in [5.74, 6) is -1.88. The maximum atomic E-state index is 12.7. The Kier molecular flexibility index (Phi) is 2.67. The molecule has 0 aliphatic carbocycles. The second-order valence-corrected chi connectivity index (χ2v) is 2.30. The molecule has 1 atom stereocenters. The number of pyridine rings is 1. The van der Waals surface area contributed by atoms with Crippen molar-refractivity contribution >= 4 is 0 Å². The summed E-state index contributed by atoms with van der Waals surface area (Å²) in [4.78, 5) is 2.92. The summed E-state index contributed by atoms with van der Waals surface area (Å²) in [5, 5.41) is 8.57. The molecule has 1 rings (SSSR count). The predicted molar refractivity (Wildman–Crippen MR) is 38.2 cm³/mol. The molecule has 0 aliphatic rings. The molecule has 0 aliphatic heterocycles. The number of hydrogen-bond donors (Lipinski definition) is 2. The van der Waals surface area contributed by atoms with Crippen LogP contribution in [0.3, 0.4) is 0 Å². The molecule has 0 amide bonds. The van der Waals surface area contributed by atoms with Crippen LogP contribution in [0.4, 0.5) is 8.78 Å². The molecule has 66 valence electrons. The maximum Gasteiger partial charge on any atom is 0.220 e. The lowest BCUT2D eigenvalue weighted by Gasteiger charge is -2.07. The van der Waals surface area contributed by atoms with Crippen LogP contribution >= 0.6 is 0 Å². The fraction of sp³-hybridized carbons (Fsp3) is 0.286. The van der Waals surface area contributed by atoms with Crippen molar-refractivity contribution in [3.05, 3.63) is 29.6 Å². The maximum absolute atomic E-state index is 12.7. The molecule has 12 heavy (non-hydrogen) atoms. The summed E-state index contributed by atoms with van der Waals surface area (Å²) in [6.07, 6.45) is 0. The van der Waals surface area contributed by atoms with Gasteiger partial charge in [0.15, 0.2) is 0 Å². The van der Waals surface area contributed by atoms with E-state index in [1.165, 1.54) is 6.07 Å². The van der Waals surface area contributed by atoms with Crippen molar-refractivity contribution in [3.8, 4) is 0 Å².